The van der Waals surface area contributed by atoms with Gasteiger partial charge in [-0.15, -0.1) is 11.3 Å². The van der Waals surface area contributed by atoms with Gasteiger partial charge in [0.15, 0.2) is 5.13 Å². The van der Waals surface area contributed by atoms with Crippen LogP contribution in [0.4, 0.5) is 20.0 Å². The number of aromatic nitrogens is 1. The summed E-state index contributed by atoms with van der Waals surface area (Å²) in [5.74, 6) is -2.32. The van der Waals surface area contributed by atoms with E-state index in [2.05, 4.69) is 10.3 Å². The number of amides is 4. The molecule has 0 spiro atoms. The zero-order chi connectivity index (χ0) is 22.1. The molecule has 1 aromatic heterocycles. The number of urea groups is 1. The molecule has 0 aliphatic carbocycles. The third-order valence-corrected chi connectivity index (χ3v) is 5.13. The second-order valence-electron chi connectivity index (χ2n) is 7.03. The first-order chi connectivity index (χ1) is 14.1. The maximum Gasteiger partial charge on any atom is 0.326 e. The summed E-state index contributed by atoms with van der Waals surface area (Å²) in [6, 6.07) is 5.13. The van der Waals surface area contributed by atoms with Gasteiger partial charge in [-0.3, -0.25) is 24.2 Å². The molecule has 1 aliphatic rings. The maximum absolute atomic E-state index is 14.1. The van der Waals surface area contributed by atoms with Crippen molar-refractivity contribution < 1.29 is 28.3 Å². The second-order valence-corrected chi connectivity index (χ2v) is 7.87. The van der Waals surface area contributed by atoms with Crippen LogP contribution in [-0.4, -0.2) is 45.8 Å². The third-order valence-electron chi connectivity index (χ3n) is 4.25. The van der Waals surface area contributed by atoms with Crippen molar-refractivity contribution in [1.29, 1.82) is 0 Å². The Kier molecular flexibility index (Phi) is 5.83. The van der Waals surface area contributed by atoms with Gasteiger partial charge in [0.2, 0.25) is 5.91 Å². The Morgan fingerprint density at radius 1 is 1.30 bits per heavy atom. The molecular formula is C19H19FN4O5S. The SMILES string of the molecule is CC(=O)N(c1nc(COC(=O)CN2C(=O)NC(C)(C)C2=O)cs1)c1ccccc1F. The van der Waals surface area contributed by atoms with Gasteiger partial charge >= 0.3 is 12.0 Å². The number of benzene rings is 1. The van der Waals surface area contributed by atoms with E-state index in [4.69, 9.17) is 4.74 Å². The summed E-state index contributed by atoms with van der Waals surface area (Å²) in [4.78, 5) is 54.2. The summed E-state index contributed by atoms with van der Waals surface area (Å²) < 4.78 is 19.2. The Bertz CT molecular complexity index is 1020. The first-order valence-corrected chi connectivity index (χ1v) is 9.77. The van der Waals surface area contributed by atoms with Gasteiger partial charge in [-0.05, 0) is 26.0 Å². The number of imide groups is 1. The van der Waals surface area contributed by atoms with Crippen LogP contribution in [0.3, 0.4) is 0 Å². The van der Waals surface area contributed by atoms with Crippen molar-refractivity contribution in [3.8, 4) is 0 Å². The predicted molar refractivity (Wildman–Crippen MR) is 105 cm³/mol. The highest BCUT2D eigenvalue weighted by molar-refractivity contribution is 7.14. The number of rotatable bonds is 6. The molecule has 11 heteroatoms. The number of esters is 1. The van der Waals surface area contributed by atoms with Gasteiger partial charge in [-0.25, -0.2) is 14.2 Å². The van der Waals surface area contributed by atoms with Gasteiger partial charge in [0.25, 0.3) is 5.91 Å². The molecule has 3 rings (SSSR count). The Labute approximate surface area is 175 Å². The van der Waals surface area contributed by atoms with Crippen LogP contribution < -0.4 is 10.2 Å². The zero-order valence-corrected chi connectivity index (χ0v) is 17.3. The van der Waals surface area contributed by atoms with Crippen LogP contribution in [0.1, 0.15) is 26.5 Å². The molecule has 0 saturated carbocycles. The van der Waals surface area contributed by atoms with Crippen molar-refractivity contribution in [3.05, 3.63) is 41.2 Å². The summed E-state index contributed by atoms with van der Waals surface area (Å²) in [7, 11) is 0. The number of carbonyl (C=O) groups excluding carboxylic acids is 4. The van der Waals surface area contributed by atoms with E-state index in [1.807, 2.05) is 0 Å². The van der Waals surface area contributed by atoms with Gasteiger partial charge in [0.05, 0.1) is 11.4 Å². The highest BCUT2D eigenvalue weighted by Crippen LogP contribution is 2.30. The molecular weight excluding hydrogens is 415 g/mol. The number of nitrogens with one attached hydrogen (secondary N) is 1. The highest BCUT2D eigenvalue weighted by Gasteiger charge is 2.45. The average molecular weight is 434 g/mol. The predicted octanol–water partition coefficient (Wildman–Crippen LogP) is 2.34. The molecule has 0 bridgehead atoms. The minimum Gasteiger partial charge on any atom is -0.458 e. The van der Waals surface area contributed by atoms with Gasteiger partial charge in [0.1, 0.15) is 24.5 Å². The molecule has 1 saturated heterocycles. The van der Waals surface area contributed by atoms with E-state index in [1.54, 1.807) is 11.4 Å². The number of hydrogen-bond donors (Lipinski definition) is 1. The normalized spacial score (nSPS) is 15.1. The number of nitrogens with zero attached hydrogens (tertiary/aromatic N) is 3. The summed E-state index contributed by atoms with van der Waals surface area (Å²) in [5.41, 5.74) is -0.683. The molecule has 2 heterocycles. The molecule has 4 amide bonds. The van der Waals surface area contributed by atoms with Crippen LogP contribution >= 0.6 is 11.3 Å². The molecule has 30 heavy (non-hydrogen) atoms. The largest absolute Gasteiger partial charge is 0.458 e. The lowest BCUT2D eigenvalue weighted by Gasteiger charge is -2.18. The van der Waals surface area contributed by atoms with Crippen LogP contribution in [-0.2, 0) is 25.7 Å². The standard InChI is InChI=1S/C19H19FN4O5S/c1-11(25)24(14-7-5-4-6-13(14)20)18-21-12(10-30-18)9-29-15(26)8-23-16(27)19(2,3)22-17(23)28/h4-7,10H,8-9H2,1-3H3,(H,22,28). The van der Waals surface area contributed by atoms with Crippen LogP contribution in [0.2, 0.25) is 0 Å². The number of carbonyl (C=O) groups is 4. The molecule has 2 aromatic rings. The van der Waals surface area contributed by atoms with Crippen molar-refractivity contribution in [2.45, 2.75) is 32.9 Å². The van der Waals surface area contributed by atoms with E-state index in [9.17, 15) is 23.6 Å². The smallest absolute Gasteiger partial charge is 0.326 e. The number of anilines is 2. The van der Waals surface area contributed by atoms with Crippen LogP contribution in [0.5, 0.6) is 0 Å². The first-order valence-electron chi connectivity index (χ1n) is 8.89. The number of thiazole rings is 1. The molecule has 0 unspecified atom stereocenters. The molecule has 0 radical (unpaired) electrons. The van der Waals surface area contributed by atoms with Crippen molar-refractivity contribution in [2.24, 2.45) is 0 Å². The van der Waals surface area contributed by atoms with E-state index < -0.39 is 41.7 Å². The van der Waals surface area contributed by atoms with E-state index in [0.29, 0.717) is 5.69 Å². The van der Waals surface area contributed by atoms with Crippen molar-refractivity contribution >= 4 is 46.0 Å². The van der Waals surface area contributed by atoms with Crippen LogP contribution in [0.15, 0.2) is 29.6 Å². The van der Waals surface area contributed by atoms with Gasteiger partial charge < -0.3 is 10.1 Å². The Morgan fingerprint density at radius 2 is 2.00 bits per heavy atom. The molecule has 1 fully saturated rings. The lowest BCUT2D eigenvalue weighted by molar-refractivity contribution is -0.148. The molecule has 1 N–H and O–H groups in total. The van der Waals surface area contributed by atoms with Crippen molar-refractivity contribution in [1.82, 2.24) is 15.2 Å². The molecule has 9 nitrogen and oxygen atoms in total. The number of halogens is 1. The summed E-state index contributed by atoms with van der Waals surface area (Å²) in [6.45, 7) is 3.59. The number of para-hydroxylation sites is 1. The fourth-order valence-corrected chi connectivity index (χ4v) is 3.66. The summed E-state index contributed by atoms with van der Waals surface area (Å²) >= 11 is 1.08. The van der Waals surface area contributed by atoms with Crippen LogP contribution in [0, 0.1) is 5.82 Å². The molecule has 1 aliphatic heterocycles. The lowest BCUT2D eigenvalue weighted by atomic mass is 10.1. The molecule has 158 valence electrons. The highest BCUT2D eigenvalue weighted by atomic mass is 32.1. The number of hydrogen-bond acceptors (Lipinski definition) is 7. The van der Waals surface area contributed by atoms with Crippen LogP contribution in [0.25, 0.3) is 0 Å². The second kappa shape index (κ2) is 8.19. The maximum atomic E-state index is 14.1. The Hall–Kier alpha value is -3.34. The molecule has 1 aromatic carbocycles. The minimum absolute atomic E-state index is 0.0593. The Balaban J connectivity index is 1.65. The quantitative estimate of drug-likeness (QED) is 0.552. The van der Waals surface area contributed by atoms with Gasteiger partial charge in [-0.1, -0.05) is 12.1 Å². The summed E-state index contributed by atoms with van der Waals surface area (Å²) in [6.07, 6.45) is 0. The van der Waals surface area contributed by atoms with Gasteiger partial charge in [0, 0.05) is 12.3 Å². The fourth-order valence-electron chi connectivity index (χ4n) is 2.80. The first kappa shape index (κ1) is 21.4. The van der Waals surface area contributed by atoms with Gasteiger partial charge in [-0.2, -0.15) is 0 Å². The zero-order valence-electron chi connectivity index (χ0n) is 16.5. The Morgan fingerprint density at radius 3 is 2.60 bits per heavy atom. The van der Waals surface area contributed by atoms with Crippen molar-refractivity contribution in [2.75, 3.05) is 11.4 Å². The number of ether oxygens (including phenoxy) is 1. The lowest BCUT2D eigenvalue weighted by Crippen LogP contribution is -2.41. The average Bonchev–Trinajstić information content (AvgIpc) is 3.20. The monoisotopic (exact) mass is 434 g/mol. The molecule has 0 atom stereocenters. The van der Waals surface area contributed by atoms with E-state index in [1.165, 1.54) is 39.0 Å². The van der Waals surface area contributed by atoms with E-state index >= 15 is 0 Å². The van der Waals surface area contributed by atoms with Crippen molar-refractivity contribution in [3.63, 3.8) is 0 Å². The third kappa shape index (κ3) is 4.30. The topological polar surface area (TPSA) is 109 Å². The fraction of sp³-hybridized carbons (Fsp3) is 0.316. The van der Waals surface area contributed by atoms with E-state index in [0.717, 1.165) is 21.1 Å². The van der Waals surface area contributed by atoms with E-state index in [-0.39, 0.29) is 17.4 Å². The minimum atomic E-state index is -1.08. The summed E-state index contributed by atoms with van der Waals surface area (Å²) in [5, 5.41) is 4.25.